The van der Waals surface area contributed by atoms with Crippen molar-refractivity contribution in [3.8, 4) is 0 Å². The molecule has 31 heavy (non-hydrogen) atoms. The molecule has 0 bridgehead atoms. The zero-order chi connectivity index (χ0) is 23.7. The van der Waals surface area contributed by atoms with Crippen LogP contribution in [0.25, 0.3) is 0 Å². The Morgan fingerprint density at radius 1 is 0.903 bits per heavy atom. The van der Waals surface area contributed by atoms with E-state index in [4.69, 9.17) is 37.4 Å². The van der Waals surface area contributed by atoms with Crippen molar-refractivity contribution in [3.63, 3.8) is 0 Å². The molecule has 5 atom stereocenters. The van der Waals surface area contributed by atoms with E-state index in [2.05, 4.69) is 38.3 Å². The summed E-state index contributed by atoms with van der Waals surface area (Å²) in [7, 11) is 0. The maximum Gasteiger partial charge on any atom is 0.0799 e. The molecule has 0 aromatic carbocycles. The standard InChI is InChI=1S/C22H46Cl2N2O5/c1-17(12-25-13-20(27)10-23)15-31-22(4,5)7-9-30-19(3)16-29-8-6-18(2)26-14-21(28)11-24/h17-21,25-28H,6-16H2,1-5H3. The monoisotopic (exact) mass is 488 g/mol. The largest absolute Gasteiger partial charge is 0.391 e. The van der Waals surface area contributed by atoms with Gasteiger partial charge in [-0.05, 0) is 53.0 Å². The van der Waals surface area contributed by atoms with Crippen LogP contribution in [0.3, 0.4) is 0 Å². The Morgan fingerprint density at radius 2 is 1.55 bits per heavy atom. The molecule has 0 aliphatic heterocycles. The van der Waals surface area contributed by atoms with Gasteiger partial charge in [-0.3, -0.25) is 0 Å². The molecule has 0 aliphatic carbocycles. The van der Waals surface area contributed by atoms with Crippen LogP contribution in [-0.4, -0.2) is 98.0 Å². The Kier molecular flexibility index (Phi) is 18.9. The van der Waals surface area contributed by atoms with E-state index in [1.54, 1.807) is 0 Å². The highest BCUT2D eigenvalue weighted by Crippen LogP contribution is 2.16. The fourth-order valence-corrected chi connectivity index (χ4v) is 2.83. The highest BCUT2D eigenvalue weighted by atomic mass is 35.5. The number of aliphatic hydroxyl groups excluding tert-OH is 2. The fraction of sp³-hybridized carbons (Fsp3) is 1.00. The quantitative estimate of drug-likeness (QED) is 0.145. The average molecular weight is 490 g/mol. The van der Waals surface area contributed by atoms with E-state index in [1.807, 2.05) is 6.92 Å². The minimum atomic E-state index is -0.512. The Hall–Kier alpha value is 0.300. The Morgan fingerprint density at radius 3 is 2.19 bits per heavy atom. The summed E-state index contributed by atoms with van der Waals surface area (Å²) in [4.78, 5) is 0. The predicted molar refractivity (Wildman–Crippen MR) is 128 cm³/mol. The molecule has 0 aromatic rings. The molecule has 0 rings (SSSR count). The van der Waals surface area contributed by atoms with Crippen molar-refractivity contribution < 1.29 is 24.4 Å². The smallest absolute Gasteiger partial charge is 0.0799 e. The molecule has 0 aliphatic rings. The SMILES string of the molecule is CC(CNCC(O)CCl)COC(C)(C)CCOC(C)COCCC(C)NCC(O)CCl. The highest BCUT2D eigenvalue weighted by Gasteiger charge is 2.20. The number of aliphatic hydroxyl groups is 2. The van der Waals surface area contributed by atoms with E-state index < -0.39 is 12.2 Å². The van der Waals surface area contributed by atoms with Crippen molar-refractivity contribution in [2.24, 2.45) is 5.92 Å². The first-order chi connectivity index (χ1) is 14.6. The number of halogens is 2. The molecule has 5 unspecified atom stereocenters. The van der Waals surface area contributed by atoms with Crippen LogP contribution in [-0.2, 0) is 14.2 Å². The maximum absolute atomic E-state index is 9.45. The van der Waals surface area contributed by atoms with Crippen molar-refractivity contribution in [1.29, 1.82) is 0 Å². The lowest BCUT2D eigenvalue weighted by atomic mass is 10.1. The summed E-state index contributed by atoms with van der Waals surface area (Å²) in [6.07, 6.45) is 0.659. The molecule has 0 spiro atoms. The van der Waals surface area contributed by atoms with E-state index in [0.717, 1.165) is 19.4 Å². The second kappa shape index (κ2) is 18.7. The van der Waals surface area contributed by atoms with Crippen molar-refractivity contribution in [2.45, 2.75) is 77.4 Å². The molecular formula is C22H46Cl2N2O5. The Bertz CT molecular complexity index is 421. The molecular weight excluding hydrogens is 443 g/mol. The van der Waals surface area contributed by atoms with E-state index in [0.29, 0.717) is 45.4 Å². The Balaban J connectivity index is 3.78. The summed E-state index contributed by atoms with van der Waals surface area (Å²) in [6.45, 7) is 14.5. The number of nitrogens with one attached hydrogen (secondary N) is 2. The summed E-state index contributed by atoms with van der Waals surface area (Å²) < 4.78 is 17.6. The normalized spacial score (nSPS) is 17.3. The first-order valence-electron chi connectivity index (χ1n) is 11.3. The van der Waals surface area contributed by atoms with Crippen molar-refractivity contribution in [2.75, 3.05) is 57.8 Å². The molecule has 0 radical (unpaired) electrons. The zero-order valence-corrected chi connectivity index (χ0v) is 21.6. The Labute approximate surface area is 199 Å². The lowest BCUT2D eigenvalue weighted by molar-refractivity contribution is -0.0689. The highest BCUT2D eigenvalue weighted by molar-refractivity contribution is 6.18. The van der Waals surface area contributed by atoms with Gasteiger partial charge < -0.3 is 35.1 Å². The van der Waals surface area contributed by atoms with Gasteiger partial charge in [0.05, 0.1) is 37.1 Å². The maximum atomic E-state index is 9.45. The molecule has 188 valence electrons. The van der Waals surface area contributed by atoms with Crippen LogP contribution in [0.4, 0.5) is 0 Å². The number of ether oxygens (including phenoxy) is 3. The number of alkyl halides is 2. The van der Waals surface area contributed by atoms with Crippen LogP contribution in [0, 0.1) is 5.92 Å². The second-order valence-corrected chi connectivity index (χ2v) is 9.67. The van der Waals surface area contributed by atoms with Crippen LogP contribution in [0.5, 0.6) is 0 Å². The van der Waals surface area contributed by atoms with Gasteiger partial charge in [-0.15, -0.1) is 23.2 Å². The molecule has 0 heterocycles. The molecule has 4 N–H and O–H groups in total. The van der Waals surface area contributed by atoms with Gasteiger partial charge in [0.2, 0.25) is 0 Å². The fourth-order valence-electron chi connectivity index (χ4n) is 2.61. The first-order valence-corrected chi connectivity index (χ1v) is 12.4. The predicted octanol–water partition coefficient (Wildman–Crippen LogP) is 2.39. The lowest BCUT2D eigenvalue weighted by Gasteiger charge is -2.28. The van der Waals surface area contributed by atoms with E-state index in [9.17, 15) is 10.2 Å². The molecule has 0 aromatic heterocycles. The van der Waals surface area contributed by atoms with Gasteiger partial charge in [-0.2, -0.15) is 0 Å². The minimum Gasteiger partial charge on any atom is -0.391 e. The van der Waals surface area contributed by atoms with Crippen LogP contribution in [0.15, 0.2) is 0 Å². The third kappa shape index (κ3) is 19.5. The molecule has 9 heteroatoms. The molecule has 0 saturated heterocycles. The van der Waals surface area contributed by atoms with E-state index in [1.165, 1.54) is 0 Å². The molecule has 0 amide bonds. The van der Waals surface area contributed by atoms with Crippen LogP contribution in [0.1, 0.15) is 47.5 Å². The molecule has 7 nitrogen and oxygen atoms in total. The first kappa shape index (κ1) is 31.3. The molecule has 0 fully saturated rings. The second-order valence-electron chi connectivity index (χ2n) is 9.05. The lowest BCUT2D eigenvalue weighted by Crippen LogP contribution is -2.35. The third-order valence-electron chi connectivity index (χ3n) is 4.84. The van der Waals surface area contributed by atoms with E-state index >= 15 is 0 Å². The van der Waals surface area contributed by atoms with Crippen LogP contribution >= 0.6 is 23.2 Å². The van der Waals surface area contributed by atoms with Gasteiger partial charge in [0.1, 0.15) is 0 Å². The van der Waals surface area contributed by atoms with Crippen molar-refractivity contribution in [1.82, 2.24) is 10.6 Å². The van der Waals surface area contributed by atoms with Crippen molar-refractivity contribution >= 4 is 23.2 Å². The van der Waals surface area contributed by atoms with E-state index in [-0.39, 0.29) is 29.5 Å². The topological polar surface area (TPSA) is 92.2 Å². The minimum absolute atomic E-state index is 0.0219. The van der Waals surface area contributed by atoms with Gasteiger partial charge in [0, 0.05) is 44.1 Å². The van der Waals surface area contributed by atoms with Gasteiger partial charge in [0.25, 0.3) is 0 Å². The number of hydrogen-bond acceptors (Lipinski definition) is 7. The average Bonchev–Trinajstić information content (AvgIpc) is 2.73. The van der Waals surface area contributed by atoms with Crippen LogP contribution < -0.4 is 10.6 Å². The third-order valence-corrected chi connectivity index (χ3v) is 5.56. The van der Waals surface area contributed by atoms with Crippen molar-refractivity contribution in [3.05, 3.63) is 0 Å². The van der Waals surface area contributed by atoms with Gasteiger partial charge in [-0.25, -0.2) is 0 Å². The number of hydrogen-bond donors (Lipinski definition) is 4. The van der Waals surface area contributed by atoms with Gasteiger partial charge >= 0.3 is 0 Å². The summed E-state index contributed by atoms with van der Waals surface area (Å²) >= 11 is 11.2. The number of rotatable bonds is 21. The summed E-state index contributed by atoms with van der Waals surface area (Å²) in [6, 6.07) is 0.259. The zero-order valence-electron chi connectivity index (χ0n) is 20.0. The summed E-state index contributed by atoms with van der Waals surface area (Å²) in [5.74, 6) is 0.818. The summed E-state index contributed by atoms with van der Waals surface area (Å²) in [5.41, 5.74) is -0.265. The van der Waals surface area contributed by atoms with Crippen LogP contribution in [0.2, 0.25) is 0 Å². The van der Waals surface area contributed by atoms with Gasteiger partial charge in [0.15, 0.2) is 0 Å². The summed E-state index contributed by atoms with van der Waals surface area (Å²) in [5, 5.41) is 25.3. The molecule has 0 saturated carbocycles. The van der Waals surface area contributed by atoms with Gasteiger partial charge in [-0.1, -0.05) is 6.92 Å².